The second-order valence-electron chi connectivity index (χ2n) is 10.1. The second kappa shape index (κ2) is 7.80. The van der Waals surface area contributed by atoms with E-state index >= 15 is 0 Å². The van der Waals surface area contributed by atoms with Crippen molar-refractivity contribution in [1.29, 1.82) is 0 Å². The molecule has 0 aliphatic heterocycles. The number of rotatable bonds is 6. The van der Waals surface area contributed by atoms with Gasteiger partial charge in [-0.3, -0.25) is 4.79 Å². The fourth-order valence-corrected chi connectivity index (χ4v) is 6.64. The number of nitrogens with zero attached hydrogens (tertiary/aromatic N) is 2. The standard InChI is InChI=1S/C27H29N3O2/c31-26(28-27-15-19-12-20(16-27)14-21(13-19)17-27)25-10-11-30(29-25)18-32-24-8-6-23(7-9-24)22-4-2-1-3-5-22/h1-11,19-21H,12-18H2,(H,28,31). The molecule has 1 N–H and O–H groups in total. The van der Waals surface area contributed by atoms with E-state index in [2.05, 4.69) is 34.7 Å². The zero-order chi connectivity index (χ0) is 21.5. The van der Waals surface area contributed by atoms with E-state index in [1.807, 2.05) is 36.5 Å². The van der Waals surface area contributed by atoms with Crippen molar-refractivity contribution in [3.05, 3.63) is 72.6 Å². The Morgan fingerprint density at radius 3 is 2.19 bits per heavy atom. The van der Waals surface area contributed by atoms with Crippen molar-refractivity contribution >= 4 is 5.91 Å². The minimum absolute atomic E-state index is 0.00656. The quantitative estimate of drug-likeness (QED) is 0.582. The Labute approximate surface area is 188 Å². The molecule has 164 valence electrons. The first-order chi connectivity index (χ1) is 15.6. The van der Waals surface area contributed by atoms with Crippen LogP contribution in [-0.2, 0) is 6.73 Å². The average molecular weight is 428 g/mol. The van der Waals surface area contributed by atoms with Gasteiger partial charge in [-0.1, -0.05) is 42.5 Å². The fraction of sp³-hybridized carbons (Fsp3) is 0.407. The zero-order valence-corrected chi connectivity index (χ0v) is 18.2. The number of hydrogen-bond acceptors (Lipinski definition) is 3. The minimum atomic E-state index is -0.0436. The highest BCUT2D eigenvalue weighted by Gasteiger charge is 2.51. The third-order valence-electron chi connectivity index (χ3n) is 7.62. The van der Waals surface area contributed by atoms with Crippen molar-refractivity contribution in [2.24, 2.45) is 17.8 Å². The molecule has 3 aromatic rings. The highest BCUT2D eigenvalue weighted by Crippen LogP contribution is 2.55. The summed E-state index contributed by atoms with van der Waals surface area (Å²) in [5.41, 5.74) is 2.82. The van der Waals surface area contributed by atoms with Crippen LogP contribution in [0.4, 0.5) is 0 Å². The highest BCUT2D eigenvalue weighted by atomic mass is 16.5. The molecule has 32 heavy (non-hydrogen) atoms. The molecule has 4 fully saturated rings. The van der Waals surface area contributed by atoms with E-state index in [-0.39, 0.29) is 18.2 Å². The number of hydrogen-bond donors (Lipinski definition) is 1. The Bertz CT molecular complexity index is 1070. The van der Waals surface area contributed by atoms with E-state index in [1.165, 1.54) is 24.8 Å². The lowest BCUT2D eigenvalue weighted by atomic mass is 9.53. The van der Waals surface area contributed by atoms with Crippen LogP contribution < -0.4 is 10.1 Å². The fourth-order valence-electron chi connectivity index (χ4n) is 6.64. The summed E-state index contributed by atoms with van der Waals surface area (Å²) in [5.74, 6) is 3.15. The predicted molar refractivity (Wildman–Crippen MR) is 123 cm³/mol. The summed E-state index contributed by atoms with van der Waals surface area (Å²) in [6.45, 7) is 0.273. The molecule has 0 atom stereocenters. The van der Waals surface area contributed by atoms with Gasteiger partial charge < -0.3 is 10.1 Å². The molecule has 4 aliphatic carbocycles. The highest BCUT2D eigenvalue weighted by molar-refractivity contribution is 5.92. The summed E-state index contributed by atoms with van der Waals surface area (Å²) in [4.78, 5) is 13.0. The van der Waals surface area contributed by atoms with E-state index in [4.69, 9.17) is 4.74 Å². The molecule has 4 bridgehead atoms. The van der Waals surface area contributed by atoms with Crippen molar-refractivity contribution in [3.63, 3.8) is 0 Å². The van der Waals surface area contributed by atoms with Crippen LogP contribution in [0.5, 0.6) is 5.75 Å². The molecular formula is C27H29N3O2. The number of carbonyl (C=O) groups excluding carboxylic acids is 1. The lowest BCUT2D eigenvalue weighted by Gasteiger charge is -2.56. The number of ether oxygens (including phenoxy) is 1. The van der Waals surface area contributed by atoms with Crippen LogP contribution in [0.15, 0.2) is 66.9 Å². The zero-order valence-electron chi connectivity index (χ0n) is 18.2. The van der Waals surface area contributed by atoms with Crippen LogP contribution in [-0.4, -0.2) is 21.2 Å². The number of aromatic nitrogens is 2. The summed E-state index contributed by atoms with van der Waals surface area (Å²) in [7, 11) is 0. The second-order valence-corrected chi connectivity index (χ2v) is 10.1. The lowest BCUT2D eigenvalue weighted by molar-refractivity contribution is -0.0168. The Balaban J connectivity index is 1.07. The molecule has 2 aromatic carbocycles. The molecule has 4 aliphatic rings. The van der Waals surface area contributed by atoms with E-state index in [0.29, 0.717) is 5.69 Å². The van der Waals surface area contributed by atoms with Gasteiger partial charge >= 0.3 is 0 Å². The molecule has 0 spiro atoms. The Morgan fingerprint density at radius 1 is 0.906 bits per heavy atom. The topological polar surface area (TPSA) is 56.2 Å². The number of benzene rings is 2. The molecular weight excluding hydrogens is 398 g/mol. The van der Waals surface area contributed by atoms with Crippen LogP contribution in [0, 0.1) is 17.8 Å². The van der Waals surface area contributed by atoms with Crippen LogP contribution >= 0.6 is 0 Å². The van der Waals surface area contributed by atoms with Crippen molar-refractivity contribution < 1.29 is 9.53 Å². The summed E-state index contributed by atoms with van der Waals surface area (Å²) in [6.07, 6.45) is 9.36. The normalized spacial score (nSPS) is 27.9. The van der Waals surface area contributed by atoms with E-state index < -0.39 is 0 Å². The molecule has 7 rings (SSSR count). The smallest absolute Gasteiger partial charge is 0.272 e. The molecule has 0 unspecified atom stereocenters. The van der Waals surface area contributed by atoms with Gasteiger partial charge in [-0.2, -0.15) is 5.10 Å². The van der Waals surface area contributed by atoms with Crippen LogP contribution in [0.25, 0.3) is 11.1 Å². The third kappa shape index (κ3) is 3.81. The third-order valence-corrected chi connectivity index (χ3v) is 7.62. The van der Waals surface area contributed by atoms with Crippen LogP contribution in [0.2, 0.25) is 0 Å². The van der Waals surface area contributed by atoms with Crippen LogP contribution in [0.3, 0.4) is 0 Å². The summed E-state index contributed by atoms with van der Waals surface area (Å²) < 4.78 is 7.56. The first kappa shape index (κ1) is 19.6. The summed E-state index contributed by atoms with van der Waals surface area (Å²) >= 11 is 0. The monoisotopic (exact) mass is 427 g/mol. The van der Waals surface area contributed by atoms with E-state index in [1.54, 1.807) is 10.7 Å². The van der Waals surface area contributed by atoms with Gasteiger partial charge in [0.2, 0.25) is 0 Å². The molecule has 4 saturated carbocycles. The number of carbonyl (C=O) groups is 1. The van der Waals surface area contributed by atoms with Gasteiger partial charge in [-0.15, -0.1) is 0 Å². The van der Waals surface area contributed by atoms with E-state index in [0.717, 1.165) is 48.3 Å². The van der Waals surface area contributed by atoms with E-state index in [9.17, 15) is 4.79 Å². The Hall–Kier alpha value is -3.08. The van der Waals surface area contributed by atoms with Crippen molar-refractivity contribution in [2.75, 3.05) is 0 Å². The molecule has 5 nitrogen and oxygen atoms in total. The molecule has 1 amide bonds. The van der Waals surface area contributed by atoms with Crippen molar-refractivity contribution in [3.8, 4) is 16.9 Å². The average Bonchev–Trinajstić information content (AvgIpc) is 3.27. The molecule has 0 radical (unpaired) electrons. The first-order valence-electron chi connectivity index (χ1n) is 11.8. The summed E-state index contributed by atoms with van der Waals surface area (Å²) in [5, 5.41) is 7.86. The molecule has 5 heteroatoms. The molecule has 0 saturated heterocycles. The number of nitrogens with one attached hydrogen (secondary N) is 1. The van der Waals surface area contributed by atoms with Gasteiger partial charge in [0.15, 0.2) is 6.73 Å². The minimum Gasteiger partial charge on any atom is -0.471 e. The SMILES string of the molecule is O=C(NC12CC3CC(CC(C3)C1)C2)c1ccn(COc2ccc(-c3ccccc3)cc2)n1. The Morgan fingerprint density at radius 2 is 1.53 bits per heavy atom. The van der Waals surface area contributed by atoms with Gasteiger partial charge in [-0.25, -0.2) is 4.68 Å². The summed E-state index contributed by atoms with van der Waals surface area (Å²) in [6, 6.07) is 20.1. The number of amides is 1. The molecule has 1 heterocycles. The first-order valence-corrected chi connectivity index (χ1v) is 11.8. The van der Waals surface area contributed by atoms with Gasteiger partial charge in [0.05, 0.1) is 0 Å². The van der Waals surface area contributed by atoms with Crippen molar-refractivity contribution in [1.82, 2.24) is 15.1 Å². The largest absolute Gasteiger partial charge is 0.471 e. The Kier molecular flexibility index (Phi) is 4.78. The molecule has 1 aromatic heterocycles. The van der Waals surface area contributed by atoms with Crippen molar-refractivity contribution in [2.45, 2.75) is 50.8 Å². The van der Waals surface area contributed by atoms with Gasteiger partial charge in [0, 0.05) is 11.7 Å². The lowest BCUT2D eigenvalue weighted by Crippen LogP contribution is -2.59. The van der Waals surface area contributed by atoms with Crippen LogP contribution in [0.1, 0.15) is 49.0 Å². The van der Waals surface area contributed by atoms with Gasteiger partial charge in [-0.05, 0) is 85.6 Å². The maximum Gasteiger partial charge on any atom is 0.272 e. The van der Waals surface area contributed by atoms with Gasteiger partial charge in [0.25, 0.3) is 5.91 Å². The maximum absolute atomic E-state index is 13.0. The predicted octanol–water partition coefficient (Wildman–Crippen LogP) is 5.29. The van der Waals surface area contributed by atoms with Gasteiger partial charge in [0.1, 0.15) is 11.4 Å². The maximum atomic E-state index is 13.0.